The Morgan fingerprint density at radius 2 is 0.783 bits per heavy atom. The quantitative estimate of drug-likeness (QED) is 0.472. The van der Waals surface area contributed by atoms with Crippen LogP contribution in [0.15, 0.2) is 65.8 Å². The maximum Gasteiger partial charge on any atom is 0.0662 e. The Bertz CT molecular complexity index is 99.8. The van der Waals surface area contributed by atoms with Crippen molar-refractivity contribution >= 4 is 0 Å². The maximum absolute atomic E-state index is 7.62. The normalized spacial score (nSPS) is 6.09. The van der Waals surface area contributed by atoms with Crippen LogP contribution in [0.1, 0.15) is 39.5 Å². The van der Waals surface area contributed by atoms with Gasteiger partial charge in [-0.2, -0.15) is 0 Å². The van der Waals surface area contributed by atoms with Crippen molar-refractivity contribution in [2.24, 2.45) is 0 Å². The van der Waals surface area contributed by atoms with Crippen molar-refractivity contribution in [2.45, 2.75) is 39.5 Å². The highest BCUT2D eigenvalue weighted by Gasteiger charge is 1.84. The number of unbranched alkanes of at least 4 members (excludes halogenated alkanes) is 2. The van der Waals surface area contributed by atoms with Crippen LogP contribution in [0.3, 0.4) is 0 Å². The van der Waals surface area contributed by atoms with Gasteiger partial charge in [0.05, 0.1) is 13.2 Å². The van der Waals surface area contributed by atoms with Crippen LogP contribution in [0.5, 0.6) is 0 Å². The number of aliphatic hydroxyl groups excluding tert-OH is 2. The predicted molar refractivity (Wildman–Crippen MR) is 111 cm³/mol. The summed E-state index contributed by atoms with van der Waals surface area (Å²) < 4.78 is 5.31. The van der Waals surface area contributed by atoms with E-state index in [1.807, 2.05) is 0 Å². The summed E-state index contributed by atoms with van der Waals surface area (Å²) >= 11 is 0. The first kappa shape index (κ1) is 43.0. The van der Waals surface area contributed by atoms with E-state index in [1.54, 1.807) is 0 Å². The summed E-state index contributed by atoms with van der Waals surface area (Å²) in [6, 6.07) is 0. The van der Waals surface area contributed by atoms with E-state index in [0.29, 0.717) is 0 Å². The Morgan fingerprint density at radius 3 is 0.913 bits per heavy atom. The molecule has 0 aliphatic heterocycles. The molecule has 0 aliphatic carbocycles. The van der Waals surface area contributed by atoms with Crippen LogP contribution < -0.4 is 0 Å². The van der Waals surface area contributed by atoms with Crippen LogP contribution >= 0.6 is 0 Å². The predicted octanol–water partition coefficient (Wildman–Crippen LogP) is 5.59. The van der Waals surface area contributed by atoms with Gasteiger partial charge in [0.15, 0.2) is 0 Å². The first-order valence-corrected chi connectivity index (χ1v) is 7.62. The fraction of sp³-hybridized carbons (Fsp3) is 0.500. The monoisotopic (exact) mass is 332 g/mol. The number of hydrogen-bond acceptors (Lipinski definition) is 3. The van der Waals surface area contributed by atoms with E-state index in [-0.39, 0.29) is 13.2 Å². The number of aliphatic hydroxyl groups is 2. The molecule has 0 aromatic carbocycles. The molecule has 0 amide bonds. The summed E-state index contributed by atoms with van der Waals surface area (Å²) in [5.41, 5.74) is 0. The van der Waals surface area contributed by atoms with Crippen molar-refractivity contribution < 1.29 is 14.9 Å². The molecule has 142 valence electrons. The van der Waals surface area contributed by atoms with Crippen molar-refractivity contribution in [3.05, 3.63) is 65.8 Å². The third kappa shape index (κ3) is 228. The Hall–Kier alpha value is -1.42. The molecule has 0 heterocycles. The molecule has 0 saturated heterocycles. The lowest BCUT2D eigenvalue weighted by molar-refractivity contribution is 0.128. The molecule has 0 fully saturated rings. The van der Waals surface area contributed by atoms with Gasteiger partial charge in [-0.3, -0.25) is 0 Å². The molecule has 0 aromatic heterocycles. The number of ether oxygens (including phenoxy) is 1. The summed E-state index contributed by atoms with van der Waals surface area (Å²) in [4.78, 5) is 0. The van der Waals surface area contributed by atoms with E-state index in [4.69, 9.17) is 14.9 Å². The topological polar surface area (TPSA) is 49.7 Å². The van der Waals surface area contributed by atoms with Gasteiger partial charge < -0.3 is 14.9 Å². The average molecular weight is 333 g/mol. The molecule has 0 atom stereocenters. The lowest BCUT2D eigenvalue weighted by atomic mass is 10.3. The average Bonchev–Trinajstić information content (AvgIpc) is 2.70. The standard InChI is InChI=1S/C8H18O.C2H6O2.5C2H4/c1-3-5-7-9-8-6-4-2;3-1-2-4;5*1-2/h3-8H2,1-2H3;3-4H,1-2H2;5*1-2H2. The van der Waals surface area contributed by atoms with E-state index in [1.165, 1.54) is 25.7 Å². The van der Waals surface area contributed by atoms with E-state index in [9.17, 15) is 0 Å². The van der Waals surface area contributed by atoms with Crippen molar-refractivity contribution in [3.63, 3.8) is 0 Å². The van der Waals surface area contributed by atoms with E-state index in [2.05, 4.69) is 79.6 Å². The second-order valence-electron chi connectivity index (χ2n) is 2.77. The molecule has 2 N–H and O–H groups in total. The molecule has 3 nitrogen and oxygen atoms in total. The second-order valence-corrected chi connectivity index (χ2v) is 2.77. The first-order valence-electron chi connectivity index (χ1n) is 7.62. The van der Waals surface area contributed by atoms with Crippen molar-refractivity contribution in [2.75, 3.05) is 26.4 Å². The molecule has 0 saturated carbocycles. The summed E-state index contributed by atoms with van der Waals surface area (Å²) in [5, 5.41) is 15.2. The highest BCUT2D eigenvalue weighted by Crippen LogP contribution is 1.91. The Balaban J connectivity index is -0.0000000310. The summed E-state index contributed by atoms with van der Waals surface area (Å²) in [7, 11) is 0. The first-order chi connectivity index (χ1) is 11.3. The van der Waals surface area contributed by atoms with Gasteiger partial charge in [0.1, 0.15) is 0 Å². The smallest absolute Gasteiger partial charge is 0.0662 e. The Kier molecular flexibility index (Phi) is 257. The van der Waals surface area contributed by atoms with Gasteiger partial charge in [-0.15, -0.1) is 65.8 Å². The SMILES string of the molecule is C=C.C=C.C=C.C=C.C=C.CCCCOCCCC.OCCO. The summed E-state index contributed by atoms with van der Waals surface area (Å²) in [6.45, 7) is 36.0. The highest BCUT2D eigenvalue weighted by atomic mass is 16.5. The minimum atomic E-state index is -0.125. The van der Waals surface area contributed by atoms with Gasteiger partial charge in [0, 0.05) is 13.2 Å². The molecule has 0 aliphatic rings. The Labute approximate surface area is 147 Å². The van der Waals surface area contributed by atoms with Crippen LogP contribution in [0.4, 0.5) is 0 Å². The number of hydrogen-bond donors (Lipinski definition) is 2. The molecule has 0 radical (unpaired) electrons. The maximum atomic E-state index is 7.62. The molecule has 0 unspecified atom stereocenters. The van der Waals surface area contributed by atoms with Gasteiger partial charge in [0.2, 0.25) is 0 Å². The van der Waals surface area contributed by atoms with E-state index >= 15 is 0 Å². The zero-order chi connectivity index (χ0) is 20.4. The lowest BCUT2D eigenvalue weighted by Gasteiger charge is -1.99. The van der Waals surface area contributed by atoms with Crippen LogP contribution in [0.2, 0.25) is 0 Å². The molecule has 0 rings (SSSR count). The zero-order valence-corrected chi connectivity index (χ0v) is 16.0. The minimum Gasteiger partial charge on any atom is -0.394 e. The fourth-order valence-corrected chi connectivity index (χ4v) is 0.595. The fourth-order valence-electron chi connectivity index (χ4n) is 0.595. The van der Waals surface area contributed by atoms with Crippen LogP contribution in [-0.4, -0.2) is 36.6 Å². The minimum absolute atomic E-state index is 0.125. The molecule has 3 heteroatoms. The largest absolute Gasteiger partial charge is 0.394 e. The lowest BCUT2D eigenvalue weighted by Crippen LogP contribution is -1.95. The second kappa shape index (κ2) is 137. The molecule has 23 heavy (non-hydrogen) atoms. The van der Waals surface area contributed by atoms with Gasteiger partial charge in [-0.05, 0) is 12.8 Å². The van der Waals surface area contributed by atoms with Gasteiger partial charge in [0.25, 0.3) is 0 Å². The van der Waals surface area contributed by atoms with Crippen LogP contribution in [0, 0.1) is 0 Å². The van der Waals surface area contributed by atoms with E-state index in [0.717, 1.165) is 13.2 Å². The summed E-state index contributed by atoms with van der Waals surface area (Å²) in [5.74, 6) is 0. The van der Waals surface area contributed by atoms with Gasteiger partial charge in [-0.1, -0.05) is 26.7 Å². The van der Waals surface area contributed by atoms with Gasteiger partial charge in [-0.25, -0.2) is 0 Å². The molecule has 0 spiro atoms. The van der Waals surface area contributed by atoms with Crippen LogP contribution in [-0.2, 0) is 4.74 Å². The third-order valence-electron chi connectivity index (χ3n) is 1.38. The highest BCUT2D eigenvalue weighted by molar-refractivity contribution is 4.33. The van der Waals surface area contributed by atoms with E-state index < -0.39 is 0 Å². The molecule has 0 aromatic rings. The zero-order valence-electron chi connectivity index (χ0n) is 16.0. The van der Waals surface area contributed by atoms with Crippen molar-refractivity contribution in [1.82, 2.24) is 0 Å². The third-order valence-corrected chi connectivity index (χ3v) is 1.38. The molecular formula is C20H44O3. The van der Waals surface area contributed by atoms with Crippen molar-refractivity contribution in [3.8, 4) is 0 Å². The van der Waals surface area contributed by atoms with Crippen molar-refractivity contribution in [1.29, 1.82) is 0 Å². The van der Waals surface area contributed by atoms with Crippen LogP contribution in [0.25, 0.3) is 0 Å². The molecule has 0 bridgehead atoms. The number of rotatable bonds is 7. The Morgan fingerprint density at radius 1 is 0.565 bits per heavy atom. The molecular weight excluding hydrogens is 288 g/mol. The van der Waals surface area contributed by atoms with Gasteiger partial charge >= 0.3 is 0 Å². The summed E-state index contributed by atoms with van der Waals surface area (Å²) in [6.07, 6.45) is 4.91.